The highest BCUT2D eigenvalue weighted by Gasteiger charge is 2.16. The van der Waals surface area contributed by atoms with E-state index in [4.69, 9.17) is 4.42 Å². The minimum atomic E-state index is 0.875. The maximum absolute atomic E-state index is 6.29. The lowest BCUT2D eigenvalue weighted by Crippen LogP contribution is -2.09. The fourth-order valence-electron chi connectivity index (χ4n) is 8.73. The maximum atomic E-state index is 6.29. The number of furan rings is 1. The van der Waals surface area contributed by atoms with Gasteiger partial charge in [-0.2, -0.15) is 0 Å². The molecule has 0 bridgehead atoms. The first kappa shape index (κ1) is 38.5. The van der Waals surface area contributed by atoms with E-state index < -0.39 is 0 Å². The molecule has 10 aromatic carbocycles. The van der Waals surface area contributed by atoms with E-state index >= 15 is 0 Å². The van der Waals surface area contributed by atoms with Crippen LogP contribution in [0.2, 0.25) is 0 Å². The summed E-state index contributed by atoms with van der Waals surface area (Å²) in [7, 11) is 0. The summed E-state index contributed by atoms with van der Waals surface area (Å²) in [4.78, 5) is 2.34. The highest BCUT2D eigenvalue weighted by molar-refractivity contribution is 5.89. The summed E-state index contributed by atoms with van der Waals surface area (Å²) in [5, 5.41) is 1.11. The molecule has 0 aliphatic rings. The van der Waals surface area contributed by atoms with Crippen molar-refractivity contribution in [2.24, 2.45) is 0 Å². The molecule has 11 rings (SSSR count). The van der Waals surface area contributed by atoms with Gasteiger partial charge >= 0.3 is 0 Å². The predicted molar refractivity (Wildman–Crippen MR) is 269 cm³/mol. The van der Waals surface area contributed by atoms with Gasteiger partial charge in [-0.3, -0.25) is 0 Å². The Balaban J connectivity index is 0.887. The Hall–Kier alpha value is -8.46. The van der Waals surface area contributed by atoms with Crippen molar-refractivity contribution in [1.29, 1.82) is 0 Å². The highest BCUT2D eigenvalue weighted by atomic mass is 16.3. The third-order valence-electron chi connectivity index (χ3n) is 12.2. The Morgan fingerprint density at radius 2 is 0.531 bits per heavy atom. The average molecular weight is 818 g/mol. The van der Waals surface area contributed by atoms with Gasteiger partial charge in [-0.25, -0.2) is 0 Å². The molecule has 1 aromatic heterocycles. The third kappa shape index (κ3) is 7.81. The van der Waals surface area contributed by atoms with Crippen molar-refractivity contribution in [1.82, 2.24) is 0 Å². The first-order chi connectivity index (χ1) is 31.7. The topological polar surface area (TPSA) is 16.4 Å². The van der Waals surface area contributed by atoms with Crippen LogP contribution in [0.25, 0.3) is 89.1 Å². The minimum absolute atomic E-state index is 0.875. The smallest absolute Gasteiger partial charge is 0.136 e. The fourth-order valence-corrected chi connectivity index (χ4v) is 8.73. The average Bonchev–Trinajstić information content (AvgIpc) is 3.83. The zero-order valence-corrected chi connectivity index (χ0v) is 35.2. The molecule has 1 heterocycles. The van der Waals surface area contributed by atoms with Crippen LogP contribution < -0.4 is 4.90 Å². The summed E-state index contributed by atoms with van der Waals surface area (Å²) in [6.45, 7) is 0. The number of fused-ring (bicyclic) bond motifs is 1. The molecule has 11 aromatic rings. The Morgan fingerprint density at radius 1 is 0.234 bits per heavy atom. The summed E-state index contributed by atoms with van der Waals surface area (Å²) in [5.41, 5.74) is 19.4. The van der Waals surface area contributed by atoms with Crippen molar-refractivity contribution < 1.29 is 4.42 Å². The van der Waals surface area contributed by atoms with Gasteiger partial charge in [0.2, 0.25) is 0 Å². The molecule has 0 aliphatic carbocycles. The number of rotatable bonds is 10. The molecule has 0 aliphatic heterocycles. The zero-order valence-electron chi connectivity index (χ0n) is 35.2. The second-order valence-electron chi connectivity index (χ2n) is 16.1. The normalized spacial score (nSPS) is 11.1. The monoisotopic (exact) mass is 817 g/mol. The van der Waals surface area contributed by atoms with Crippen LogP contribution in [0.1, 0.15) is 0 Å². The number of anilines is 3. The van der Waals surface area contributed by atoms with Crippen molar-refractivity contribution in [3.63, 3.8) is 0 Å². The molecule has 0 fully saturated rings. The van der Waals surface area contributed by atoms with E-state index in [1.807, 2.05) is 18.2 Å². The van der Waals surface area contributed by atoms with Crippen LogP contribution in [-0.2, 0) is 0 Å². The number of benzene rings is 10. The molecule has 302 valence electrons. The Labute approximate surface area is 374 Å². The molecule has 0 saturated carbocycles. The number of hydrogen-bond donors (Lipinski definition) is 0. The lowest BCUT2D eigenvalue weighted by molar-refractivity contribution is 0.632. The van der Waals surface area contributed by atoms with Crippen molar-refractivity contribution in [3.05, 3.63) is 261 Å². The molecule has 0 spiro atoms. The molecule has 2 nitrogen and oxygen atoms in total. The summed E-state index contributed by atoms with van der Waals surface area (Å²) in [5.74, 6) is 0.875. The minimum Gasteiger partial charge on any atom is -0.456 e. The van der Waals surface area contributed by atoms with E-state index in [0.29, 0.717) is 0 Å². The molecule has 0 saturated heterocycles. The molecule has 0 atom stereocenters. The van der Waals surface area contributed by atoms with E-state index in [9.17, 15) is 0 Å². The zero-order chi connectivity index (χ0) is 42.7. The van der Waals surface area contributed by atoms with E-state index in [-0.39, 0.29) is 0 Å². The highest BCUT2D eigenvalue weighted by Crippen LogP contribution is 2.40. The van der Waals surface area contributed by atoms with Crippen LogP contribution in [0.3, 0.4) is 0 Å². The Kier molecular flexibility index (Phi) is 10.3. The molecule has 2 heteroatoms. The van der Waals surface area contributed by atoms with Crippen LogP contribution in [0, 0.1) is 0 Å². The summed E-state index contributed by atoms with van der Waals surface area (Å²) < 4.78 is 6.29. The molecular formula is C62H43NO. The van der Waals surface area contributed by atoms with Crippen LogP contribution in [0.5, 0.6) is 0 Å². The predicted octanol–water partition coefficient (Wildman–Crippen LogP) is 17.6. The maximum Gasteiger partial charge on any atom is 0.136 e. The molecule has 0 amide bonds. The van der Waals surface area contributed by atoms with Gasteiger partial charge in [-0.05, 0) is 115 Å². The molecular weight excluding hydrogens is 775 g/mol. The van der Waals surface area contributed by atoms with Crippen LogP contribution in [-0.4, -0.2) is 0 Å². The fraction of sp³-hybridized carbons (Fsp3) is 0. The second kappa shape index (κ2) is 17.1. The van der Waals surface area contributed by atoms with Gasteiger partial charge in [0.1, 0.15) is 11.3 Å². The summed E-state index contributed by atoms with van der Waals surface area (Å²) in [6, 6.07) is 93.1. The van der Waals surface area contributed by atoms with Gasteiger partial charge < -0.3 is 9.32 Å². The van der Waals surface area contributed by atoms with Crippen LogP contribution in [0.4, 0.5) is 17.1 Å². The lowest BCUT2D eigenvalue weighted by atomic mass is 9.95. The number of nitrogens with zero attached hydrogens (tertiary/aromatic N) is 1. The molecule has 64 heavy (non-hydrogen) atoms. The summed E-state index contributed by atoms with van der Waals surface area (Å²) in [6.07, 6.45) is 0. The first-order valence-corrected chi connectivity index (χ1v) is 21.8. The SMILES string of the molecule is c1ccc(-c2ccc(-c3ccc(N(c4ccc(-c5ccc(-c6ccccc6)cc5)cc4)c4ccc(-c5ccc(-c6ccccc6-c6cc7ccccc7o6)cc5)cc4)cc3)cc2)cc1. The van der Waals surface area contributed by atoms with Gasteiger partial charge in [0.15, 0.2) is 0 Å². The quantitative estimate of drug-likeness (QED) is 0.137. The van der Waals surface area contributed by atoms with Crippen molar-refractivity contribution in [2.45, 2.75) is 0 Å². The third-order valence-corrected chi connectivity index (χ3v) is 12.2. The van der Waals surface area contributed by atoms with Crippen molar-refractivity contribution in [2.75, 3.05) is 4.90 Å². The number of hydrogen-bond acceptors (Lipinski definition) is 2. The van der Waals surface area contributed by atoms with E-state index in [1.54, 1.807) is 0 Å². The molecule has 0 unspecified atom stereocenters. The second-order valence-corrected chi connectivity index (χ2v) is 16.1. The van der Waals surface area contributed by atoms with Crippen molar-refractivity contribution in [3.8, 4) is 78.1 Å². The van der Waals surface area contributed by atoms with Crippen molar-refractivity contribution >= 4 is 28.0 Å². The molecule has 0 radical (unpaired) electrons. The Morgan fingerprint density at radius 3 is 0.922 bits per heavy atom. The standard InChI is InChI=1S/C62H43NO/c1-3-11-44(12-4-1)46-19-23-48(24-20-46)51-31-37-56(38-32-51)63(57-39-33-52(34-40-57)49-25-21-47(22-26-49)45-13-5-2-6-14-45)58-41-35-53(36-42-58)50-27-29-54(30-28-50)59-16-8-9-17-60(59)62-43-55-15-7-10-18-61(55)64-62/h1-43H. The number of para-hydroxylation sites is 1. The Bertz CT molecular complexity index is 3140. The van der Waals surface area contributed by atoms with Crippen LogP contribution >= 0.6 is 0 Å². The first-order valence-electron chi connectivity index (χ1n) is 21.8. The van der Waals surface area contributed by atoms with Gasteiger partial charge in [-0.1, -0.05) is 212 Å². The van der Waals surface area contributed by atoms with E-state index in [2.05, 4.69) is 248 Å². The van der Waals surface area contributed by atoms with Gasteiger partial charge in [-0.15, -0.1) is 0 Å². The van der Waals surface area contributed by atoms with Gasteiger partial charge in [0.05, 0.1) is 0 Å². The molecule has 0 N–H and O–H groups in total. The largest absolute Gasteiger partial charge is 0.456 e. The van der Waals surface area contributed by atoms with E-state index in [1.165, 1.54) is 44.5 Å². The van der Waals surface area contributed by atoms with E-state index in [0.717, 1.165) is 61.6 Å². The van der Waals surface area contributed by atoms with Crippen LogP contribution in [0.15, 0.2) is 265 Å². The lowest BCUT2D eigenvalue weighted by Gasteiger charge is -2.26. The van der Waals surface area contributed by atoms with Gasteiger partial charge in [0, 0.05) is 28.0 Å². The summed E-state index contributed by atoms with van der Waals surface area (Å²) >= 11 is 0. The van der Waals surface area contributed by atoms with Gasteiger partial charge in [0.25, 0.3) is 0 Å².